The zero-order valence-electron chi connectivity index (χ0n) is 19.3. The average Bonchev–Trinajstić information content (AvgIpc) is 3.06. The van der Waals surface area contributed by atoms with E-state index in [1.54, 1.807) is 0 Å². The Morgan fingerprint density at radius 1 is 1.03 bits per heavy atom. The van der Waals surface area contributed by atoms with Gasteiger partial charge in [-0.05, 0) is 49.5 Å². The number of hydrogen-bond donors (Lipinski definition) is 0. The lowest BCUT2D eigenvalue weighted by atomic mass is 10.1. The summed E-state index contributed by atoms with van der Waals surface area (Å²) in [5.41, 5.74) is 4.84. The third-order valence-electron chi connectivity index (χ3n) is 5.06. The maximum absolute atomic E-state index is 11.3. The van der Waals surface area contributed by atoms with Crippen LogP contribution in [0.4, 0.5) is 0 Å². The van der Waals surface area contributed by atoms with Gasteiger partial charge in [0.05, 0.1) is 11.2 Å². The Morgan fingerprint density at radius 3 is 2.39 bits per heavy atom. The topological polar surface area (TPSA) is 47.4 Å². The number of rotatable bonds is 10. The van der Waals surface area contributed by atoms with Gasteiger partial charge < -0.3 is 9.64 Å². The minimum Gasteiger partial charge on any atom is -0.360 e. The SMILES string of the molecule is CN(C)Cc1ccc(C=Cc2nn(COCC[Si](C)(C)C)c3cc(C=O)ccc23)cc1. The molecular weight excluding hydrogens is 402 g/mol. The third-order valence-corrected chi connectivity index (χ3v) is 6.77. The monoisotopic (exact) mass is 435 g/mol. The Morgan fingerprint density at radius 2 is 1.74 bits per heavy atom. The predicted molar refractivity (Wildman–Crippen MR) is 132 cm³/mol. The van der Waals surface area contributed by atoms with Gasteiger partial charge in [-0.25, -0.2) is 4.68 Å². The number of fused-ring (bicyclic) bond motifs is 1. The van der Waals surface area contributed by atoms with Crippen LogP contribution in [0.2, 0.25) is 25.7 Å². The summed E-state index contributed by atoms with van der Waals surface area (Å²) in [6.45, 7) is 9.06. The highest BCUT2D eigenvalue weighted by atomic mass is 28.3. The minimum atomic E-state index is -1.14. The predicted octanol–water partition coefficient (Wildman–Crippen LogP) is 5.39. The molecule has 6 heteroatoms. The Kier molecular flexibility index (Phi) is 7.59. The van der Waals surface area contributed by atoms with Gasteiger partial charge in [0.25, 0.3) is 0 Å². The molecule has 0 bridgehead atoms. The number of nitrogens with zero attached hydrogens (tertiary/aromatic N) is 3. The van der Waals surface area contributed by atoms with E-state index in [0.717, 1.165) is 47.6 Å². The van der Waals surface area contributed by atoms with Gasteiger partial charge in [0, 0.05) is 32.2 Å². The molecule has 0 amide bonds. The normalized spacial score (nSPS) is 12.3. The zero-order valence-corrected chi connectivity index (χ0v) is 20.3. The number of aldehydes is 1. The number of benzene rings is 2. The summed E-state index contributed by atoms with van der Waals surface area (Å²) in [5, 5.41) is 5.78. The van der Waals surface area contributed by atoms with Crippen molar-refractivity contribution in [1.29, 1.82) is 0 Å². The van der Waals surface area contributed by atoms with Crippen LogP contribution < -0.4 is 0 Å². The van der Waals surface area contributed by atoms with Crippen LogP contribution in [0, 0.1) is 0 Å². The van der Waals surface area contributed by atoms with Gasteiger partial charge in [0.1, 0.15) is 13.0 Å². The lowest BCUT2D eigenvalue weighted by molar-refractivity contribution is 0.0816. The molecule has 0 atom stereocenters. The largest absolute Gasteiger partial charge is 0.360 e. The molecule has 1 heterocycles. The Labute approximate surface area is 186 Å². The van der Waals surface area contributed by atoms with Crippen molar-refractivity contribution in [2.45, 2.75) is 39.0 Å². The molecule has 3 rings (SSSR count). The smallest absolute Gasteiger partial charge is 0.150 e. The van der Waals surface area contributed by atoms with Crippen LogP contribution >= 0.6 is 0 Å². The molecule has 5 nitrogen and oxygen atoms in total. The van der Waals surface area contributed by atoms with Gasteiger partial charge in [-0.15, -0.1) is 0 Å². The van der Waals surface area contributed by atoms with E-state index in [0.29, 0.717) is 12.3 Å². The summed E-state index contributed by atoms with van der Waals surface area (Å²) >= 11 is 0. The molecule has 164 valence electrons. The molecule has 0 radical (unpaired) electrons. The van der Waals surface area contributed by atoms with Crippen molar-refractivity contribution in [3.8, 4) is 0 Å². The van der Waals surface area contributed by atoms with Crippen LogP contribution in [0.15, 0.2) is 42.5 Å². The molecule has 1 aromatic heterocycles. The van der Waals surface area contributed by atoms with E-state index in [-0.39, 0.29) is 0 Å². The lowest BCUT2D eigenvalue weighted by Gasteiger charge is -2.15. The van der Waals surface area contributed by atoms with Crippen molar-refractivity contribution >= 4 is 37.4 Å². The fourth-order valence-electron chi connectivity index (χ4n) is 3.32. The van der Waals surface area contributed by atoms with E-state index in [2.05, 4.69) is 69.0 Å². The zero-order chi connectivity index (χ0) is 22.4. The summed E-state index contributed by atoms with van der Waals surface area (Å²) in [7, 11) is 3.00. The van der Waals surface area contributed by atoms with Crippen LogP contribution in [0.25, 0.3) is 23.1 Å². The number of carbonyl (C=O) groups excluding carboxylic acids is 1. The van der Waals surface area contributed by atoms with Crippen molar-refractivity contribution in [1.82, 2.24) is 14.7 Å². The number of carbonyl (C=O) groups is 1. The lowest BCUT2D eigenvalue weighted by Crippen LogP contribution is -2.22. The number of hydrogen-bond acceptors (Lipinski definition) is 4. The van der Waals surface area contributed by atoms with Crippen LogP contribution in [-0.2, 0) is 18.0 Å². The average molecular weight is 436 g/mol. The summed E-state index contributed by atoms with van der Waals surface area (Å²) in [4.78, 5) is 13.4. The van der Waals surface area contributed by atoms with E-state index in [1.165, 1.54) is 5.56 Å². The molecule has 0 aliphatic carbocycles. The van der Waals surface area contributed by atoms with Gasteiger partial charge in [-0.2, -0.15) is 5.10 Å². The van der Waals surface area contributed by atoms with Crippen LogP contribution in [0.5, 0.6) is 0 Å². The first-order valence-electron chi connectivity index (χ1n) is 10.7. The second kappa shape index (κ2) is 10.2. The van der Waals surface area contributed by atoms with Crippen molar-refractivity contribution in [3.05, 3.63) is 64.8 Å². The molecule has 0 fully saturated rings. The molecule has 0 N–H and O–H groups in total. The second-order valence-corrected chi connectivity index (χ2v) is 15.1. The van der Waals surface area contributed by atoms with E-state index >= 15 is 0 Å². The molecule has 31 heavy (non-hydrogen) atoms. The maximum atomic E-state index is 11.3. The third kappa shape index (κ3) is 6.72. The fraction of sp³-hybridized carbons (Fsp3) is 0.360. The van der Waals surface area contributed by atoms with Gasteiger partial charge in [-0.3, -0.25) is 4.79 Å². The number of aromatic nitrogens is 2. The van der Waals surface area contributed by atoms with Crippen molar-refractivity contribution < 1.29 is 9.53 Å². The van der Waals surface area contributed by atoms with E-state index in [9.17, 15) is 4.79 Å². The molecule has 3 aromatic rings. The van der Waals surface area contributed by atoms with E-state index in [1.807, 2.05) is 29.0 Å². The Hall–Kier alpha value is -2.54. The van der Waals surface area contributed by atoms with Gasteiger partial charge in [0.15, 0.2) is 0 Å². The molecule has 0 spiro atoms. The van der Waals surface area contributed by atoms with Gasteiger partial charge >= 0.3 is 0 Å². The molecule has 0 aliphatic heterocycles. The number of ether oxygens (including phenoxy) is 1. The first-order chi connectivity index (χ1) is 14.7. The van der Waals surface area contributed by atoms with Crippen LogP contribution in [0.3, 0.4) is 0 Å². The van der Waals surface area contributed by atoms with Gasteiger partial charge in [-0.1, -0.05) is 56.0 Å². The van der Waals surface area contributed by atoms with Crippen LogP contribution in [0.1, 0.15) is 27.2 Å². The first kappa shape index (κ1) is 23.1. The second-order valence-electron chi connectivity index (χ2n) is 9.44. The summed E-state index contributed by atoms with van der Waals surface area (Å²) in [6.07, 6.45) is 4.97. The molecular formula is C25H33N3O2Si. The Bertz CT molecular complexity index is 1050. The first-order valence-corrected chi connectivity index (χ1v) is 14.4. The van der Waals surface area contributed by atoms with Crippen molar-refractivity contribution in [2.24, 2.45) is 0 Å². The highest BCUT2D eigenvalue weighted by Gasteiger charge is 2.13. The van der Waals surface area contributed by atoms with E-state index in [4.69, 9.17) is 9.84 Å². The van der Waals surface area contributed by atoms with Crippen LogP contribution in [-0.4, -0.2) is 49.7 Å². The molecule has 0 saturated heterocycles. The van der Waals surface area contributed by atoms with E-state index < -0.39 is 8.07 Å². The van der Waals surface area contributed by atoms with Crippen molar-refractivity contribution in [3.63, 3.8) is 0 Å². The van der Waals surface area contributed by atoms with Crippen molar-refractivity contribution in [2.75, 3.05) is 20.7 Å². The summed E-state index contributed by atoms with van der Waals surface area (Å²) in [6, 6.07) is 15.3. The highest BCUT2D eigenvalue weighted by molar-refractivity contribution is 6.76. The summed E-state index contributed by atoms with van der Waals surface area (Å²) in [5.74, 6) is 0. The molecule has 0 unspecified atom stereocenters. The highest BCUT2D eigenvalue weighted by Crippen LogP contribution is 2.22. The fourth-order valence-corrected chi connectivity index (χ4v) is 4.07. The summed E-state index contributed by atoms with van der Waals surface area (Å²) < 4.78 is 7.77. The molecule has 2 aromatic carbocycles. The molecule has 0 aliphatic rings. The maximum Gasteiger partial charge on any atom is 0.150 e. The Balaban J connectivity index is 1.81. The molecule has 0 saturated carbocycles. The standard InChI is InChI=1S/C25H33N3O2Si/c1-27(2)17-21-8-6-20(7-9-21)11-13-24-23-12-10-22(18-29)16-25(23)28(26-24)19-30-14-15-31(3,4)5/h6-13,16,18H,14-15,17,19H2,1-5H3. The van der Waals surface area contributed by atoms with Gasteiger partial charge in [0.2, 0.25) is 0 Å². The minimum absolute atomic E-state index is 0.385. The quantitative estimate of drug-likeness (QED) is 0.243.